The van der Waals surface area contributed by atoms with Crippen molar-refractivity contribution in [2.24, 2.45) is 0 Å². The van der Waals surface area contributed by atoms with Gasteiger partial charge in [-0.3, -0.25) is 0 Å². The van der Waals surface area contributed by atoms with Crippen LogP contribution < -0.4 is 11.1 Å². The minimum atomic E-state index is -1.21. The molecule has 0 bridgehead atoms. The van der Waals surface area contributed by atoms with Crippen LogP contribution in [0.5, 0.6) is 0 Å². The zero-order chi connectivity index (χ0) is 23.3. The number of furan rings is 1. The number of anilines is 3. The number of aromatic carboxylic acids is 1. The molecule has 2 aromatic carbocycles. The largest absolute Gasteiger partial charge is 0.478 e. The number of nitrogens with one attached hydrogen (secondary N) is 1. The molecule has 0 fully saturated rings. The van der Waals surface area contributed by atoms with Crippen LogP contribution in [-0.2, 0) is 0 Å². The van der Waals surface area contributed by atoms with E-state index in [0.717, 1.165) is 28.2 Å². The first-order valence-electron chi connectivity index (χ1n) is 10.3. The summed E-state index contributed by atoms with van der Waals surface area (Å²) in [6.45, 7) is 4.05. The van der Waals surface area contributed by atoms with E-state index >= 15 is 0 Å². The second kappa shape index (κ2) is 7.63. The van der Waals surface area contributed by atoms with Gasteiger partial charge < -0.3 is 25.1 Å². The van der Waals surface area contributed by atoms with Gasteiger partial charge in [0.05, 0.1) is 22.9 Å². The Kier molecular flexibility index (Phi) is 4.74. The van der Waals surface area contributed by atoms with Crippen molar-refractivity contribution in [1.82, 2.24) is 14.5 Å². The van der Waals surface area contributed by atoms with E-state index < -0.39 is 11.8 Å². The Bertz CT molecular complexity index is 1540. The number of nitrogens with two attached hydrogens (primary N) is 1. The number of fused-ring (bicyclic) bond motifs is 2. The molecule has 0 aliphatic heterocycles. The monoisotopic (exact) mass is 445 g/mol. The molecule has 166 valence electrons. The van der Waals surface area contributed by atoms with Crippen molar-refractivity contribution in [3.05, 3.63) is 66.3 Å². The van der Waals surface area contributed by atoms with E-state index in [4.69, 9.17) is 15.3 Å². The van der Waals surface area contributed by atoms with Gasteiger partial charge in [0.1, 0.15) is 22.9 Å². The van der Waals surface area contributed by atoms with E-state index in [9.17, 15) is 9.18 Å². The highest BCUT2D eigenvalue weighted by molar-refractivity contribution is 6.02. The van der Waals surface area contributed by atoms with Crippen LogP contribution in [0.3, 0.4) is 0 Å². The number of hydrogen-bond acceptors (Lipinski definition) is 6. The maximum atomic E-state index is 14.4. The first-order valence-corrected chi connectivity index (χ1v) is 10.3. The third kappa shape index (κ3) is 3.53. The molecule has 4 N–H and O–H groups in total. The van der Waals surface area contributed by atoms with Crippen LogP contribution in [0.15, 0.2) is 59.3 Å². The van der Waals surface area contributed by atoms with Crippen molar-refractivity contribution >= 4 is 45.4 Å². The number of nitrogen functional groups attached to an aromatic ring is 1. The van der Waals surface area contributed by atoms with Crippen molar-refractivity contribution in [1.29, 1.82) is 0 Å². The van der Waals surface area contributed by atoms with Gasteiger partial charge in [0.25, 0.3) is 0 Å². The van der Waals surface area contributed by atoms with Crippen molar-refractivity contribution in [3.63, 3.8) is 0 Å². The molecule has 0 atom stereocenters. The summed E-state index contributed by atoms with van der Waals surface area (Å²) in [4.78, 5) is 20.0. The summed E-state index contributed by atoms with van der Waals surface area (Å²) in [5.41, 5.74) is 9.47. The molecule has 3 aromatic heterocycles. The Hall–Kier alpha value is -4.40. The summed E-state index contributed by atoms with van der Waals surface area (Å²) in [5, 5.41) is 13.5. The van der Waals surface area contributed by atoms with Gasteiger partial charge in [-0.2, -0.15) is 9.97 Å². The lowest BCUT2D eigenvalue weighted by molar-refractivity contribution is 0.0696. The highest BCUT2D eigenvalue weighted by Gasteiger charge is 2.19. The molecule has 0 saturated heterocycles. The molecule has 0 spiro atoms. The number of nitrogens with zero attached hydrogens (tertiary/aromatic N) is 3. The van der Waals surface area contributed by atoms with Crippen LogP contribution in [0.25, 0.3) is 33.1 Å². The fourth-order valence-corrected chi connectivity index (χ4v) is 3.85. The van der Waals surface area contributed by atoms with E-state index in [1.165, 1.54) is 12.1 Å². The molecule has 9 heteroatoms. The molecule has 0 unspecified atom stereocenters. The van der Waals surface area contributed by atoms with Crippen molar-refractivity contribution in [2.75, 3.05) is 11.1 Å². The maximum absolute atomic E-state index is 14.4. The first-order chi connectivity index (χ1) is 15.8. The van der Waals surface area contributed by atoms with Gasteiger partial charge in [-0.15, -0.1) is 0 Å². The normalized spacial score (nSPS) is 11.5. The average Bonchev–Trinajstić information content (AvgIpc) is 3.39. The van der Waals surface area contributed by atoms with Crippen molar-refractivity contribution < 1.29 is 18.7 Å². The fraction of sp³-hybridized carbons (Fsp3) is 0.125. The van der Waals surface area contributed by atoms with Gasteiger partial charge in [-0.1, -0.05) is 6.07 Å². The molecule has 5 rings (SSSR count). The van der Waals surface area contributed by atoms with Crippen molar-refractivity contribution in [2.45, 2.75) is 19.9 Å². The zero-order valence-electron chi connectivity index (χ0n) is 17.8. The van der Waals surface area contributed by atoms with Gasteiger partial charge in [0, 0.05) is 23.2 Å². The average molecular weight is 445 g/mol. The smallest absolute Gasteiger partial charge is 0.335 e. The number of halogens is 1. The SMILES string of the molecule is CC(C)n1cc(-c2ccc3occc3c2)c2c(N)nc(Nc3ccc(C(=O)O)cc3F)nc21. The van der Waals surface area contributed by atoms with E-state index in [0.29, 0.717) is 11.0 Å². The molecule has 5 aromatic rings. The van der Waals surface area contributed by atoms with Crippen LogP contribution in [0.1, 0.15) is 30.2 Å². The second-order valence-corrected chi connectivity index (χ2v) is 7.97. The number of aromatic nitrogens is 3. The van der Waals surface area contributed by atoms with Gasteiger partial charge in [0.2, 0.25) is 5.95 Å². The minimum Gasteiger partial charge on any atom is -0.478 e. The molecule has 0 aliphatic carbocycles. The molecular weight excluding hydrogens is 425 g/mol. The highest BCUT2D eigenvalue weighted by atomic mass is 19.1. The van der Waals surface area contributed by atoms with Crippen LogP contribution in [0, 0.1) is 5.82 Å². The lowest BCUT2D eigenvalue weighted by atomic mass is 10.0. The number of hydrogen-bond donors (Lipinski definition) is 3. The lowest BCUT2D eigenvalue weighted by Crippen LogP contribution is -2.06. The Balaban J connectivity index is 1.62. The van der Waals surface area contributed by atoms with E-state index in [1.807, 2.05) is 48.9 Å². The molecule has 0 amide bonds. The minimum absolute atomic E-state index is 0.0482. The van der Waals surface area contributed by atoms with Gasteiger partial charge in [-0.05, 0) is 55.8 Å². The Morgan fingerprint density at radius 3 is 2.73 bits per heavy atom. The van der Waals surface area contributed by atoms with Crippen molar-refractivity contribution in [3.8, 4) is 11.1 Å². The summed E-state index contributed by atoms with van der Waals surface area (Å²) in [5.74, 6) is -1.59. The highest BCUT2D eigenvalue weighted by Crippen LogP contribution is 2.37. The topological polar surface area (TPSA) is 119 Å². The molecule has 0 saturated carbocycles. The van der Waals surface area contributed by atoms with Gasteiger partial charge in [-0.25, -0.2) is 9.18 Å². The Morgan fingerprint density at radius 1 is 1.18 bits per heavy atom. The second-order valence-electron chi connectivity index (χ2n) is 7.97. The first kappa shape index (κ1) is 20.5. The van der Waals surface area contributed by atoms with Crippen LogP contribution in [0.2, 0.25) is 0 Å². The number of carbonyl (C=O) groups is 1. The molecule has 3 heterocycles. The van der Waals surface area contributed by atoms with E-state index in [2.05, 4.69) is 15.3 Å². The van der Waals surface area contributed by atoms with E-state index in [1.54, 1.807) is 6.26 Å². The molecule has 0 radical (unpaired) electrons. The summed E-state index contributed by atoms with van der Waals surface area (Å²) in [6, 6.07) is 11.4. The number of benzene rings is 2. The lowest BCUT2D eigenvalue weighted by Gasteiger charge is -2.11. The number of carboxylic acids is 1. The molecule has 8 nitrogen and oxygen atoms in total. The number of rotatable bonds is 5. The van der Waals surface area contributed by atoms with Crippen LogP contribution >= 0.6 is 0 Å². The zero-order valence-corrected chi connectivity index (χ0v) is 17.8. The Labute approximate surface area is 187 Å². The van der Waals surface area contributed by atoms with Gasteiger partial charge >= 0.3 is 5.97 Å². The molecule has 0 aliphatic rings. The fourth-order valence-electron chi connectivity index (χ4n) is 3.85. The van der Waals surface area contributed by atoms with Gasteiger partial charge in [0.15, 0.2) is 0 Å². The molecular formula is C24H20FN5O3. The maximum Gasteiger partial charge on any atom is 0.335 e. The Morgan fingerprint density at radius 2 is 2.00 bits per heavy atom. The van der Waals surface area contributed by atoms with Crippen LogP contribution in [0.4, 0.5) is 21.8 Å². The summed E-state index contributed by atoms with van der Waals surface area (Å²) in [7, 11) is 0. The summed E-state index contributed by atoms with van der Waals surface area (Å²) in [6.07, 6.45) is 3.62. The quantitative estimate of drug-likeness (QED) is 0.323. The predicted molar refractivity (Wildman–Crippen MR) is 124 cm³/mol. The third-order valence-electron chi connectivity index (χ3n) is 5.48. The number of carboxylic acid groups (broad SMARTS) is 1. The predicted octanol–water partition coefficient (Wildman–Crippen LogP) is 5.59. The molecule has 33 heavy (non-hydrogen) atoms. The summed E-state index contributed by atoms with van der Waals surface area (Å²) >= 11 is 0. The van der Waals surface area contributed by atoms with Crippen LogP contribution in [-0.4, -0.2) is 25.6 Å². The summed E-state index contributed by atoms with van der Waals surface area (Å²) < 4.78 is 21.8. The third-order valence-corrected chi connectivity index (χ3v) is 5.48. The standard InChI is InChI=1S/C24H20FN5O3/c1-12(2)30-11-16(13-4-6-19-14(9-13)7-8-33-19)20-21(26)28-24(29-22(20)30)27-18-5-3-15(23(31)32)10-17(18)25/h3-12H,1-2H3,(H,31,32)(H3,26,27,28,29). The van der Waals surface area contributed by atoms with E-state index in [-0.39, 0.29) is 29.1 Å².